The Balaban J connectivity index is 2.30. The quantitative estimate of drug-likeness (QED) is 0.867. The topological polar surface area (TPSA) is 45.2 Å². The minimum Gasteiger partial charge on any atom is -0.354 e. The van der Waals surface area contributed by atoms with Crippen LogP contribution in [0.1, 0.15) is 18.9 Å². The number of hydrogen-bond donors (Lipinski definition) is 1. The number of rotatable bonds is 1. The van der Waals surface area contributed by atoms with Gasteiger partial charge in [0.15, 0.2) is 0 Å². The SMILES string of the molecule is CC1CC(=O)NCCN1c1ncc(C(F)(F)F)cc1Cl. The number of hydrogen-bond acceptors (Lipinski definition) is 3. The molecular formula is C12H13ClF3N3O. The van der Waals surface area contributed by atoms with Crippen LogP contribution in [0.25, 0.3) is 0 Å². The Labute approximate surface area is 118 Å². The molecule has 2 heterocycles. The molecule has 0 spiro atoms. The predicted octanol–water partition coefficient (Wildman–Crippen LogP) is 2.47. The van der Waals surface area contributed by atoms with Gasteiger partial charge in [-0.05, 0) is 13.0 Å². The number of carbonyl (C=O) groups excluding carboxylic acids is 1. The predicted molar refractivity (Wildman–Crippen MR) is 68.7 cm³/mol. The van der Waals surface area contributed by atoms with Crippen LogP contribution in [0.5, 0.6) is 0 Å². The zero-order valence-electron chi connectivity index (χ0n) is 10.7. The highest BCUT2D eigenvalue weighted by atomic mass is 35.5. The van der Waals surface area contributed by atoms with Crippen molar-refractivity contribution in [3.63, 3.8) is 0 Å². The van der Waals surface area contributed by atoms with Gasteiger partial charge in [0.1, 0.15) is 5.82 Å². The first-order valence-electron chi connectivity index (χ1n) is 6.05. The zero-order valence-corrected chi connectivity index (χ0v) is 11.4. The fourth-order valence-electron chi connectivity index (χ4n) is 2.10. The van der Waals surface area contributed by atoms with E-state index in [1.165, 1.54) is 0 Å². The van der Waals surface area contributed by atoms with Crippen LogP contribution in [0.2, 0.25) is 5.02 Å². The third kappa shape index (κ3) is 3.15. The van der Waals surface area contributed by atoms with Crippen LogP contribution in [0.15, 0.2) is 12.3 Å². The molecule has 1 aromatic heterocycles. The Bertz CT molecular complexity index is 521. The maximum absolute atomic E-state index is 12.6. The van der Waals surface area contributed by atoms with Crippen LogP contribution in [0.4, 0.5) is 19.0 Å². The number of amides is 1. The molecule has 1 aliphatic heterocycles. The van der Waals surface area contributed by atoms with Crippen molar-refractivity contribution in [3.05, 3.63) is 22.8 Å². The van der Waals surface area contributed by atoms with Gasteiger partial charge in [0.2, 0.25) is 5.91 Å². The Hall–Kier alpha value is -1.50. The Morgan fingerprint density at radius 2 is 2.20 bits per heavy atom. The van der Waals surface area contributed by atoms with E-state index >= 15 is 0 Å². The van der Waals surface area contributed by atoms with E-state index in [9.17, 15) is 18.0 Å². The fourth-order valence-corrected chi connectivity index (χ4v) is 2.37. The highest BCUT2D eigenvalue weighted by Gasteiger charge is 2.32. The van der Waals surface area contributed by atoms with Crippen molar-refractivity contribution < 1.29 is 18.0 Å². The molecule has 1 unspecified atom stereocenters. The van der Waals surface area contributed by atoms with Crippen molar-refractivity contribution >= 4 is 23.3 Å². The van der Waals surface area contributed by atoms with Crippen LogP contribution in [0.3, 0.4) is 0 Å². The van der Waals surface area contributed by atoms with Gasteiger partial charge in [0, 0.05) is 31.7 Å². The molecule has 1 amide bonds. The van der Waals surface area contributed by atoms with Crippen molar-refractivity contribution in [3.8, 4) is 0 Å². The average molecular weight is 308 g/mol. The van der Waals surface area contributed by atoms with Crippen LogP contribution in [-0.2, 0) is 11.0 Å². The van der Waals surface area contributed by atoms with Crippen LogP contribution in [-0.4, -0.2) is 30.0 Å². The van der Waals surface area contributed by atoms with Gasteiger partial charge in [0.05, 0.1) is 10.6 Å². The molecule has 0 saturated carbocycles. The number of nitrogens with zero attached hydrogens (tertiary/aromatic N) is 2. The first-order valence-corrected chi connectivity index (χ1v) is 6.43. The molecule has 110 valence electrons. The molecule has 0 aromatic carbocycles. The van der Waals surface area contributed by atoms with E-state index in [0.29, 0.717) is 13.1 Å². The van der Waals surface area contributed by atoms with Gasteiger partial charge in [-0.15, -0.1) is 0 Å². The molecular weight excluding hydrogens is 295 g/mol. The molecule has 4 nitrogen and oxygen atoms in total. The van der Waals surface area contributed by atoms with E-state index in [1.807, 2.05) is 0 Å². The van der Waals surface area contributed by atoms with Gasteiger partial charge in [-0.1, -0.05) is 11.6 Å². The molecule has 1 fully saturated rings. The molecule has 20 heavy (non-hydrogen) atoms. The highest BCUT2D eigenvalue weighted by Crippen LogP contribution is 2.34. The fraction of sp³-hybridized carbons (Fsp3) is 0.500. The molecule has 0 radical (unpaired) electrons. The van der Waals surface area contributed by atoms with E-state index in [4.69, 9.17) is 11.6 Å². The second kappa shape index (κ2) is 5.47. The van der Waals surface area contributed by atoms with Crippen molar-refractivity contribution in [2.75, 3.05) is 18.0 Å². The lowest BCUT2D eigenvalue weighted by atomic mass is 10.2. The summed E-state index contributed by atoms with van der Waals surface area (Å²) in [6, 6.07) is 0.677. The van der Waals surface area contributed by atoms with E-state index in [0.717, 1.165) is 12.3 Å². The second-order valence-electron chi connectivity index (χ2n) is 4.62. The number of alkyl halides is 3. The molecule has 1 atom stereocenters. The number of carbonyl (C=O) groups is 1. The summed E-state index contributed by atoms with van der Waals surface area (Å²) in [6.45, 7) is 2.66. The molecule has 1 N–H and O–H groups in total. The molecule has 8 heteroatoms. The average Bonchev–Trinajstić information content (AvgIpc) is 2.49. The van der Waals surface area contributed by atoms with Crippen LogP contribution >= 0.6 is 11.6 Å². The monoisotopic (exact) mass is 307 g/mol. The summed E-state index contributed by atoms with van der Waals surface area (Å²) >= 11 is 5.91. The van der Waals surface area contributed by atoms with E-state index in [-0.39, 0.29) is 29.2 Å². The lowest BCUT2D eigenvalue weighted by molar-refractivity contribution is -0.137. The van der Waals surface area contributed by atoms with Crippen molar-refractivity contribution in [1.82, 2.24) is 10.3 Å². The third-order valence-corrected chi connectivity index (χ3v) is 3.39. The van der Waals surface area contributed by atoms with Gasteiger partial charge in [0.25, 0.3) is 0 Å². The lowest BCUT2D eigenvalue weighted by Gasteiger charge is -2.28. The van der Waals surface area contributed by atoms with Crippen LogP contribution < -0.4 is 10.2 Å². The maximum atomic E-state index is 12.6. The maximum Gasteiger partial charge on any atom is 0.417 e. The molecule has 1 saturated heterocycles. The van der Waals surface area contributed by atoms with Gasteiger partial charge < -0.3 is 10.2 Å². The molecule has 0 bridgehead atoms. The number of anilines is 1. The van der Waals surface area contributed by atoms with Crippen molar-refractivity contribution in [2.45, 2.75) is 25.6 Å². The standard InChI is InChI=1S/C12H13ClF3N3O/c1-7-4-10(20)17-2-3-19(7)11-9(13)5-8(6-18-11)12(14,15)16/h5-7H,2-4H2,1H3,(H,17,20). The number of nitrogens with one attached hydrogen (secondary N) is 1. The molecule has 2 rings (SSSR count). The minimum absolute atomic E-state index is 0.0685. The smallest absolute Gasteiger partial charge is 0.354 e. The Morgan fingerprint density at radius 3 is 2.80 bits per heavy atom. The number of halogens is 4. The summed E-state index contributed by atoms with van der Waals surface area (Å²) in [5, 5.41) is 2.63. The summed E-state index contributed by atoms with van der Waals surface area (Å²) in [7, 11) is 0. The van der Waals surface area contributed by atoms with Gasteiger partial charge in [-0.25, -0.2) is 4.98 Å². The highest BCUT2D eigenvalue weighted by molar-refractivity contribution is 6.33. The molecule has 1 aromatic rings. The summed E-state index contributed by atoms with van der Waals surface area (Å²) in [4.78, 5) is 17.0. The second-order valence-corrected chi connectivity index (χ2v) is 5.03. The number of aromatic nitrogens is 1. The first kappa shape index (κ1) is 14.9. The van der Waals surface area contributed by atoms with Crippen LogP contribution in [0, 0.1) is 0 Å². The Morgan fingerprint density at radius 1 is 1.50 bits per heavy atom. The van der Waals surface area contributed by atoms with Gasteiger partial charge in [-0.2, -0.15) is 13.2 Å². The van der Waals surface area contributed by atoms with Crippen molar-refractivity contribution in [2.24, 2.45) is 0 Å². The summed E-state index contributed by atoms with van der Waals surface area (Å²) < 4.78 is 37.7. The van der Waals surface area contributed by atoms with E-state index in [1.54, 1.807) is 11.8 Å². The van der Waals surface area contributed by atoms with Crippen molar-refractivity contribution in [1.29, 1.82) is 0 Å². The summed E-state index contributed by atoms with van der Waals surface area (Å²) in [5.74, 6) is 0.173. The van der Waals surface area contributed by atoms with Gasteiger partial charge >= 0.3 is 6.18 Å². The first-order chi connectivity index (χ1) is 9.29. The van der Waals surface area contributed by atoms with E-state index in [2.05, 4.69) is 10.3 Å². The zero-order chi connectivity index (χ0) is 14.9. The normalized spacial score (nSPS) is 20.6. The minimum atomic E-state index is -4.48. The Kier molecular flexibility index (Phi) is 4.08. The summed E-state index contributed by atoms with van der Waals surface area (Å²) in [5.41, 5.74) is -0.886. The molecule has 0 aliphatic carbocycles. The largest absolute Gasteiger partial charge is 0.417 e. The van der Waals surface area contributed by atoms with E-state index < -0.39 is 11.7 Å². The lowest BCUT2D eigenvalue weighted by Crippen LogP contribution is -2.35. The summed E-state index contributed by atoms with van der Waals surface area (Å²) in [6.07, 6.45) is -3.47. The van der Waals surface area contributed by atoms with Gasteiger partial charge in [-0.3, -0.25) is 4.79 Å². The number of pyridine rings is 1. The molecule has 1 aliphatic rings. The third-order valence-electron chi connectivity index (χ3n) is 3.11.